The van der Waals surface area contributed by atoms with E-state index in [0.717, 1.165) is 5.92 Å². The van der Waals surface area contributed by atoms with E-state index in [-0.39, 0.29) is 0 Å². The standard InChI is InChI=1S/C7H11N3/c1-6-2-3-7(6)10-5-4-8-9-10/h4-7H,2-3H2,1H3/t6?,7-/m1/s1. The van der Waals surface area contributed by atoms with Gasteiger partial charge in [-0.1, -0.05) is 12.1 Å². The van der Waals surface area contributed by atoms with Gasteiger partial charge in [-0.3, -0.25) is 0 Å². The number of hydrogen-bond acceptors (Lipinski definition) is 2. The summed E-state index contributed by atoms with van der Waals surface area (Å²) in [7, 11) is 0. The van der Waals surface area contributed by atoms with E-state index in [9.17, 15) is 0 Å². The van der Waals surface area contributed by atoms with Crippen molar-refractivity contribution in [3.63, 3.8) is 0 Å². The fraction of sp³-hybridized carbons (Fsp3) is 0.714. The summed E-state index contributed by atoms with van der Waals surface area (Å²) in [6.07, 6.45) is 6.29. The zero-order chi connectivity index (χ0) is 6.97. The van der Waals surface area contributed by atoms with Gasteiger partial charge < -0.3 is 0 Å². The third-order valence-corrected chi connectivity index (χ3v) is 2.36. The molecule has 0 saturated heterocycles. The molecule has 2 atom stereocenters. The Morgan fingerprint density at radius 2 is 2.40 bits per heavy atom. The third-order valence-electron chi connectivity index (χ3n) is 2.36. The van der Waals surface area contributed by atoms with Crippen LogP contribution in [0.3, 0.4) is 0 Å². The average molecular weight is 137 g/mol. The van der Waals surface area contributed by atoms with Crippen molar-refractivity contribution in [2.24, 2.45) is 5.92 Å². The molecule has 1 aromatic rings. The fourth-order valence-electron chi connectivity index (χ4n) is 1.44. The first kappa shape index (κ1) is 5.89. The van der Waals surface area contributed by atoms with Crippen LogP contribution in [-0.4, -0.2) is 15.0 Å². The summed E-state index contributed by atoms with van der Waals surface area (Å²) < 4.78 is 1.97. The Kier molecular flexibility index (Phi) is 1.22. The first-order valence-electron chi connectivity index (χ1n) is 3.74. The minimum atomic E-state index is 0.627. The second-order valence-electron chi connectivity index (χ2n) is 3.01. The summed E-state index contributed by atoms with van der Waals surface area (Å²) in [6, 6.07) is 0.627. The topological polar surface area (TPSA) is 30.7 Å². The molecule has 0 bridgehead atoms. The Hall–Kier alpha value is -0.860. The van der Waals surface area contributed by atoms with Gasteiger partial charge in [-0.2, -0.15) is 0 Å². The summed E-state index contributed by atoms with van der Waals surface area (Å²) in [6.45, 7) is 2.26. The van der Waals surface area contributed by atoms with Gasteiger partial charge in [0.25, 0.3) is 0 Å². The van der Waals surface area contributed by atoms with Gasteiger partial charge in [0.1, 0.15) is 0 Å². The molecule has 1 aromatic heterocycles. The molecule has 1 aliphatic carbocycles. The maximum Gasteiger partial charge on any atom is 0.0693 e. The third kappa shape index (κ3) is 0.735. The van der Waals surface area contributed by atoms with Gasteiger partial charge in [-0.15, -0.1) is 5.10 Å². The van der Waals surface area contributed by atoms with Crippen molar-refractivity contribution in [1.29, 1.82) is 0 Å². The van der Waals surface area contributed by atoms with Gasteiger partial charge in [-0.05, 0) is 18.8 Å². The Bertz CT molecular complexity index is 205. The van der Waals surface area contributed by atoms with E-state index in [0.29, 0.717) is 6.04 Å². The second kappa shape index (κ2) is 2.08. The van der Waals surface area contributed by atoms with Crippen molar-refractivity contribution in [2.75, 3.05) is 0 Å². The zero-order valence-corrected chi connectivity index (χ0v) is 6.07. The molecule has 1 unspecified atom stereocenters. The van der Waals surface area contributed by atoms with Crippen molar-refractivity contribution >= 4 is 0 Å². The maximum atomic E-state index is 3.96. The van der Waals surface area contributed by atoms with Crippen LogP contribution < -0.4 is 0 Å². The predicted molar refractivity (Wildman–Crippen MR) is 37.5 cm³/mol. The van der Waals surface area contributed by atoms with Crippen LogP contribution in [0.4, 0.5) is 0 Å². The highest BCUT2D eigenvalue weighted by molar-refractivity contribution is 4.83. The van der Waals surface area contributed by atoms with Gasteiger partial charge in [0.2, 0.25) is 0 Å². The Morgan fingerprint density at radius 3 is 2.80 bits per heavy atom. The van der Waals surface area contributed by atoms with Crippen LogP contribution in [0.2, 0.25) is 0 Å². The van der Waals surface area contributed by atoms with Gasteiger partial charge in [0.15, 0.2) is 0 Å². The molecule has 0 aliphatic heterocycles. The smallest absolute Gasteiger partial charge is 0.0693 e. The summed E-state index contributed by atoms with van der Waals surface area (Å²) in [4.78, 5) is 0. The molecule has 0 amide bonds. The monoisotopic (exact) mass is 137 g/mol. The van der Waals surface area contributed by atoms with E-state index in [1.54, 1.807) is 6.20 Å². The fourth-order valence-corrected chi connectivity index (χ4v) is 1.44. The lowest BCUT2D eigenvalue weighted by Crippen LogP contribution is -2.26. The summed E-state index contributed by atoms with van der Waals surface area (Å²) in [5.74, 6) is 0.793. The molecule has 0 radical (unpaired) electrons. The van der Waals surface area contributed by atoms with Crippen molar-refractivity contribution in [3.05, 3.63) is 12.4 Å². The Morgan fingerprint density at radius 1 is 1.50 bits per heavy atom. The van der Waals surface area contributed by atoms with Gasteiger partial charge in [-0.25, -0.2) is 4.68 Å². The van der Waals surface area contributed by atoms with Crippen LogP contribution in [0.1, 0.15) is 25.8 Å². The summed E-state index contributed by atoms with van der Waals surface area (Å²) >= 11 is 0. The van der Waals surface area contributed by atoms with Crippen LogP contribution in [0.15, 0.2) is 12.4 Å². The average Bonchev–Trinajstić information content (AvgIpc) is 2.37. The number of aromatic nitrogens is 3. The highest BCUT2D eigenvalue weighted by Gasteiger charge is 2.28. The summed E-state index contributed by atoms with van der Waals surface area (Å²) in [5.41, 5.74) is 0. The number of hydrogen-bond donors (Lipinski definition) is 0. The molecule has 3 nitrogen and oxygen atoms in total. The van der Waals surface area contributed by atoms with Crippen LogP contribution in [0.5, 0.6) is 0 Å². The van der Waals surface area contributed by atoms with Gasteiger partial charge in [0, 0.05) is 6.20 Å². The largest absolute Gasteiger partial charge is 0.249 e. The Labute approximate surface area is 60.0 Å². The molecular weight excluding hydrogens is 126 g/mol. The van der Waals surface area contributed by atoms with E-state index in [4.69, 9.17) is 0 Å². The maximum absolute atomic E-state index is 3.96. The molecule has 0 aromatic carbocycles. The highest BCUT2D eigenvalue weighted by Crippen LogP contribution is 2.36. The van der Waals surface area contributed by atoms with E-state index in [1.165, 1.54) is 12.8 Å². The van der Waals surface area contributed by atoms with Crippen LogP contribution >= 0.6 is 0 Å². The first-order valence-corrected chi connectivity index (χ1v) is 3.74. The van der Waals surface area contributed by atoms with Crippen LogP contribution in [0.25, 0.3) is 0 Å². The highest BCUT2D eigenvalue weighted by atomic mass is 15.4. The Balaban J connectivity index is 2.14. The van der Waals surface area contributed by atoms with Crippen molar-refractivity contribution in [1.82, 2.24) is 15.0 Å². The van der Waals surface area contributed by atoms with Gasteiger partial charge in [0.05, 0.1) is 12.2 Å². The normalized spacial score (nSPS) is 31.7. The minimum absolute atomic E-state index is 0.627. The molecule has 1 fully saturated rings. The molecule has 3 heteroatoms. The molecular formula is C7H11N3. The first-order chi connectivity index (χ1) is 4.88. The van der Waals surface area contributed by atoms with Crippen LogP contribution in [-0.2, 0) is 0 Å². The molecule has 1 heterocycles. The second-order valence-corrected chi connectivity index (χ2v) is 3.01. The molecule has 1 saturated carbocycles. The van der Waals surface area contributed by atoms with E-state index in [1.807, 2.05) is 10.9 Å². The van der Waals surface area contributed by atoms with E-state index in [2.05, 4.69) is 17.2 Å². The predicted octanol–water partition coefficient (Wildman–Crippen LogP) is 1.25. The van der Waals surface area contributed by atoms with Gasteiger partial charge >= 0.3 is 0 Å². The molecule has 1 aliphatic rings. The zero-order valence-electron chi connectivity index (χ0n) is 6.07. The van der Waals surface area contributed by atoms with E-state index >= 15 is 0 Å². The SMILES string of the molecule is CC1CC[C@H]1n1ccnn1. The minimum Gasteiger partial charge on any atom is -0.249 e. The molecule has 0 N–H and O–H groups in total. The van der Waals surface area contributed by atoms with Crippen LogP contribution in [0, 0.1) is 5.92 Å². The van der Waals surface area contributed by atoms with Crippen molar-refractivity contribution < 1.29 is 0 Å². The van der Waals surface area contributed by atoms with E-state index < -0.39 is 0 Å². The lowest BCUT2D eigenvalue weighted by Gasteiger charge is -2.33. The lowest BCUT2D eigenvalue weighted by molar-refractivity contribution is 0.182. The molecule has 2 rings (SSSR count). The number of nitrogens with zero attached hydrogens (tertiary/aromatic N) is 3. The molecule has 10 heavy (non-hydrogen) atoms. The quantitative estimate of drug-likeness (QED) is 0.583. The molecule has 54 valence electrons. The number of rotatable bonds is 1. The lowest BCUT2D eigenvalue weighted by atomic mass is 9.81. The van der Waals surface area contributed by atoms with Crippen molar-refractivity contribution in [3.8, 4) is 0 Å². The summed E-state index contributed by atoms with van der Waals surface area (Å²) in [5, 5.41) is 7.73. The molecule has 0 spiro atoms. The van der Waals surface area contributed by atoms with Crippen molar-refractivity contribution in [2.45, 2.75) is 25.8 Å².